The number of anilines is 1. The summed E-state index contributed by atoms with van der Waals surface area (Å²) >= 11 is 0. The number of benzene rings is 3. The fourth-order valence-electron chi connectivity index (χ4n) is 5.22. The fraction of sp³-hybridized carbons (Fsp3) is 0.353. The molecule has 0 saturated carbocycles. The van der Waals surface area contributed by atoms with E-state index >= 15 is 0 Å². The highest BCUT2D eigenvalue weighted by atomic mass is 16.5. The molecule has 1 aliphatic heterocycles. The quantitative estimate of drug-likeness (QED) is 0.240. The third-order valence-corrected chi connectivity index (χ3v) is 7.41. The van der Waals surface area contributed by atoms with Crippen molar-refractivity contribution in [1.82, 2.24) is 0 Å². The minimum atomic E-state index is -0.268. The molecular weight excluding hydrogens is 482 g/mol. The first-order valence-corrected chi connectivity index (χ1v) is 13.8. The first kappa shape index (κ1) is 29.7. The van der Waals surface area contributed by atoms with E-state index in [-0.39, 0.29) is 18.0 Å². The average molecular weight is 526 g/mol. The van der Waals surface area contributed by atoms with Crippen molar-refractivity contribution < 1.29 is 9.47 Å². The number of allylic oxidation sites excluding steroid dienone is 2. The normalized spacial score (nSPS) is 17.1. The molecule has 206 valence electrons. The number of aliphatic imine (C=N–C) groups is 1. The van der Waals surface area contributed by atoms with Crippen molar-refractivity contribution >= 4 is 17.8 Å². The highest BCUT2D eigenvalue weighted by Gasteiger charge is 2.43. The van der Waals surface area contributed by atoms with Gasteiger partial charge >= 0.3 is 0 Å². The summed E-state index contributed by atoms with van der Waals surface area (Å²) in [5, 5.41) is 8.13. The molecule has 3 aromatic carbocycles. The Kier molecular flexibility index (Phi) is 10.1. The number of likely N-dealkylation sites (N-methyl/N-ethyl adjacent to an activating group) is 1. The standard InChI is InChI=1S/C32H37N3O2.C2H6/c1-7-35-29-14-13-27(36-6)19-28(29)32(5,20-26-18-23(3)22(2)17-24(26)4)30(35)15-16-34-21-37-31(33)25-11-9-8-10-12-25;1-2/h8-19,33H,7,20-21H2,1-6H3;1-2H3/b30-15-,33-31?,34-16-;. The summed E-state index contributed by atoms with van der Waals surface area (Å²) in [7, 11) is 1.72. The molecule has 39 heavy (non-hydrogen) atoms. The molecule has 1 unspecified atom stereocenters. The first-order valence-electron chi connectivity index (χ1n) is 13.8. The van der Waals surface area contributed by atoms with Gasteiger partial charge < -0.3 is 14.4 Å². The number of fused-ring (bicyclic) bond motifs is 1. The smallest absolute Gasteiger partial charge is 0.215 e. The molecule has 1 N–H and O–H groups in total. The largest absolute Gasteiger partial charge is 0.497 e. The molecule has 5 heteroatoms. The van der Waals surface area contributed by atoms with Crippen molar-refractivity contribution in [3.63, 3.8) is 0 Å². The van der Waals surface area contributed by atoms with Crippen LogP contribution in [-0.2, 0) is 16.6 Å². The van der Waals surface area contributed by atoms with Crippen LogP contribution in [0.5, 0.6) is 5.75 Å². The van der Waals surface area contributed by atoms with E-state index in [9.17, 15) is 0 Å². The Hall–Kier alpha value is -3.86. The summed E-state index contributed by atoms with van der Waals surface area (Å²) in [4.78, 5) is 6.83. The van der Waals surface area contributed by atoms with Crippen molar-refractivity contribution in [3.8, 4) is 5.75 Å². The molecule has 1 aliphatic rings. The Morgan fingerprint density at radius 3 is 2.33 bits per heavy atom. The predicted molar refractivity (Wildman–Crippen MR) is 165 cm³/mol. The molecule has 0 spiro atoms. The van der Waals surface area contributed by atoms with Crippen molar-refractivity contribution in [2.45, 2.75) is 60.3 Å². The molecule has 0 bridgehead atoms. The maximum Gasteiger partial charge on any atom is 0.215 e. The Labute approximate surface area is 234 Å². The van der Waals surface area contributed by atoms with Gasteiger partial charge in [-0.3, -0.25) is 10.4 Å². The SMILES string of the molecule is CC.CCN1/C(=C\C=N/COC(=N)c2ccccc2)C(C)(Cc2cc(C)c(C)cc2C)c2cc(OC)ccc21. The van der Waals surface area contributed by atoms with Gasteiger partial charge in [-0.25, -0.2) is 0 Å². The van der Waals surface area contributed by atoms with Gasteiger partial charge in [0.1, 0.15) is 5.75 Å². The zero-order valence-electron chi connectivity index (χ0n) is 24.8. The lowest BCUT2D eigenvalue weighted by molar-refractivity contribution is 0.317. The molecule has 4 rings (SSSR count). The van der Waals surface area contributed by atoms with Crippen molar-refractivity contribution in [1.29, 1.82) is 5.41 Å². The monoisotopic (exact) mass is 525 g/mol. The lowest BCUT2D eigenvalue weighted by Crippen LogP contribution is -2.31. The summed E-state index contributed by atoms with van der Waals surface area (Å²) < 4.78 is 11.2. The summed E-state index contributed by atoms with van der Waals surface area (Å²) in [6, 6.07) is 20.4. The molecule has 0 radical (unpaired) electrons. The van der Waals surface area contributed by atoms with E-state index in [1.807, 2.05) is 56.5 Å². The van der Waals surface area contributed by atoms with E-state index in [1.54, 1.807) is 7.11 Å². The van der Waals surface area contributed by atoms with Crippen LogP contribution in [0.2, 0.25) is 0 Å². The van der Waals surface area contributed by atoms with Gasteiger partial charge in [0.2, 0.25) is 5.90 Å². The Morgan fingerprint density at radius 1 is 0.974 bits per heavy atom. The van der Waals surface area contributed by atoms with Crippen LogP contribution in [0.3, 0.4) is 0 Å². The van der Waals surface area contributed by atoms with Crippen LogP contribution in [0.4, 0.5) is 5.69 Å². The van der Waals surface area contributed by atoms with Crippen molar-refractivity contribution in [3.05, 3.63) is 106 Å². The zero-order chi connectivity index (χ0) is 28.6. The molecule has 0 fully saturated rings. The highest BCUT2D eigenvalue weighted by Crippen LogP contribution is 2.50. The van der Waals surface area contributed by atoms with E-state index in [0.29, 0.717) is 0 Å². The number of ether oxygens (including phenoxy) is 2. The molecule has 0 aliphatic carbocycles. The molecule has 1 heterocycles. The molecule has 0 amide bonds. The second kappa shape index (κ2) is 13.3. The van der Waals surface area contributed by atoms with Gasteiger partial charge in [-0.1, -0.05) is 44.2 Å². The minimum Gasteiger partial charge on any atom is -0.497 e. The molecule has 1 atom stereocenters. The van der Waals surface area contributed by atoms with E-state index in [4.69, 9.17) is 14.9 Å². The Balaban J connectivity index is 0.00000205. The van der Waals surface area contributed by atoms with Crippen molar-refractivity contribution in [2.75, 3.05) is 25.3 Å². The van der Waals surface area contributed by atoms with Gasteiger partial charge in [-0.05, 0) is 105 Å². The number of rotatable bonds is 8. The summed E-state index contributed by atoms with van der Waals surface area (Å²) in [5.41, 5.74) is 9.41. The predicted octanol–water partition coefficient (Wildman–Crippen LogP) is 7.94. The van der Waals surface area contributed by atoms with Crippen LogP contribution in [0.25, 0.3) is 0 Å². The summed E-state index contributed by atoms with van der Waals surface area (Å²) in [6.07, 6.45) is 4.78. The summed E-state index contributed by atoms with van der Waals surface area (Å²) in [6.45, 7) is 16.0. The van der Waals surface area contributed by atoms with E-state index in [1.165, 1.54) is 39.2 Å². The second-order valence-corrected chi connectivity index (χ2v) is 9.85. The van der Waals surface area contributed by atoms with Crippen LogP contribution in [-0.4, -0.2) is 32.5 Å². The number of hydrogen-bond donors (Lipinski definition) is 1. The van der Waals surface area contributed by atoms with Crippen LogP contribution >= 0.6 is 0 Å². The number of nitrogens with one attached hydrogen (secondary N) is 1. The maximum absolute atomic E-state index is 8.13. The number of methoxy groups -OCH3 is 1. The Morgan fingerprint density at radius 2 is 1.67 bits per heavy atom. The van der Waals surface area contributed by atoms with Gasteiger partial charge in [0.15, 0.2) is 6.73 Å². The number of hydrogen-bond acceptors (Lipinski definition) is 5. The third-order valence-electron chi connectivity index (χ3n) is 7.41. The van der Waals surface area contributed by atoms with Crippen LogP contribution < -0.4 is 9.64 Å². The van der Waals surface area contributed by atoms with E-state index in [2.05, 4.69) is 74.9 Å². The zero-order valence-corrected chi connectivity index (χ0v) is 24.8. The lowest BCUT2D eigenvalue weighted by atomic mass is 9.75. The topological polar surface area (TPSA) is 57.9 Å². The van der Waals surface area contributed by atoms with Crippen LogP contribution in [0, 0.1) is 26.2 Å². The van der Waals surface area contributed by atoms with Gasteiger partial charge in [0, 0.05) is 35.1 Å². The Bertz CT molecular complexity index is 1340. The minimum absolute atomic E-state index is 0.0946. The number of aryl methyl sites for hydroxylation is 3. The van der Waals surface area contributed by atoms with E-state index in [0.717, 1.165) is 24.3 Å². The fourth-order valence-corrected chi connectivity index (χ4v) is 5.22. The van der Waals surface area contributed by atoms with Gasteiger partial charge in [-0.15, -0.1) is 0 Å². The molecule has 3 aromatic rings. The lowest BCUT2D eigenvalue weighted by Gasteiger charge is -2.31. The third kappa shape index (κ3) is 6.42. The highest BCUT2D eigenvalue weighted by molar-refractivity contribution is 5.91. The van der Waals surface area contributed by atoms with E-state index < -0.39 is 0 Å². The molecular formula is C34H43N3O2. The van der Waals surface area contributed by atoms with Gasteiger partial charge in [0.05, 0.1) is 7.11 Å². The molecule has 0 saturated heterocycles. The first-order chi connectivity index (χ1) is 18.8. The van der Waals surface area contributed by atoms with Crippen LogP contribution in [0.15, 0.2) is 77.4 Å². The molecule has 5 nitrogen and oxygen atoms in total. The average Bonchev–Trinajstić information content (AvgIpc) is 3.19. The van der Waals surface area contributed by atoms with Gasteiger partial charge in [0.25, 0.3) is 0 Å². The molecule has 0 aromatic heterocycles. The second-order valence-electron chi connectivity index (χ2n) is 9.85. The van der Waals surface area contributed by atoms with Crippen LogP contribution in [0.1, 0.15) is 61.1 Å². The summed E-state index contributed by atoms with van der Waals surface area (Å²) in [5.74, 6) is 0.983. The van der Waals surface area contributed by atoms with Gasteiger partial charge in [-0.2, -0.15) is 0 Å². The maximum atomic E-state index is 8.13. The van der Waals surface area contributed by atoms with Crippen molar-refractivity contribution in [2.24, 2.45) is 4.99 Å². The number of nitrogens with zero attached hydrogens (tertiary/aromatic N) is 2.